The fourth-order valence-electron chi connectivity index (χ4n) is 1.97. The van der Waals surface area contributed by atoms with Crippen molar-refractivity contribution in [3.8, 4) is 5.75 Å². The van der Waals surface area contributed by atoms with Gasteiger partial charge in [0.1, 0.15) is 5.75 Å². The maximum atomic E-state index is 5.42. The summed E-state index contributed by atoms with van der Waals surface area (Å²) < 4.78 is 5.42. The quantitative estimate of drug-likeness (QED) is 0.717. The van der Waals surface area contributed by atoms with E-state index in [1.54, 1.807) is 0 Å². The highest BCUT2D eigenvalue weighted by Crippen LogP contribution is 2.18. The Kier molecular flexibility index (Phi) is 5.98. The number of benzene rings is 2. The lowest BCUT2D eigenvalue weighted by molar-refractivity contribution is 0.340. The second-order valence-corrected chi connectivity index (χ2v) is 5.27. The van der Waals surface area contributed by atoms with Crippen LogP contribution in [0.1, 0.15) is 13.3 Å². The average molecular weight is 312 g/mol. The minimum absolute atomic E-state index is 0.581. The summed E-state index contributed by atoms with van der Waals surface area (Å²) in [4.78, 5) is 0.731. The van der Waals surface area contributed by atoms with E-state index >= 15 is 0 Å². The topological polar surface area (TPSA) is 33.3 Å². The standard InChI is InChI=1S/C18H20N2OS/c1-3-21-17-11-9-16(10-12-17)19-14(2)13-18(22)20-15-7-5-4-6-8-15/h4-12,19H,2-3,13H2,1H3,(H,20,22). The highest BCUT2D eigenvalue weighted by molar-refractivity contribution is 7.80. The van der Waals surface area contributed by atoms with Gasteiger partial charge in [-0.25, -0.2) is 0 Å². The second-order valence-electron chi connectivity index (χ2n) is 4.78. The van der Waals surface area contributed by atoms with Gasteiger partial charge in [0.15, 0.2) is 0 Å². The first-order chi connectivity index (χ1) is 10.7. The zero-order valence-corrected chi connectivity index (χ0v) is 13.5. The molecule has 0 unspecified atom stereocenters. The minimum atomic E-state index is 0.581. The third kappa shape index (κ3) is 5.22. The van der Waals surface area contributed by atoms with Gasteiger partial charge in [0.05, 0.1) is 11.6 Å². The van der Waals surface area contributed by atoms with Crippen LogP contribution in [0.25, 0.3) is 0 Å². The predicted octanol–water partition coefficient (Wildman–Crippen LogP) is 4.84. The molecule has 2 aromatic carbocycles. The van der Waals surface area contributed by atoms with E-state index in [1.807, 2.05) is 61.5 Å². The largest absolute Gasteiger partial charge is 0.494 e. The lowest BCUT2D eigenvalue weighted by Gasteiger charge is -2.12. The number of hydrogen-bond acceptors (Lipinski definition) is 3. The number of anilines is 2. The number of hydrogen-bond donors (Lipinski definition) is 2. The second kappa shape index (κ2) is 8.20. The molecular formula is C18H20N2OS. The number of thiocarbonyl (C=S) groups is 1. The molecule has 0 bridgehead atoms. The molecule has 2 N–H and O–H groups in total. The van der Waals surface area contributed by atoms with Gasteiger partial charge >= 0.3 is 0 Å². The molecule has 2 aromatic rings. The molecule has 4 heteroatoms. The van der Waals surface area contributed by atoms with Gasteiger partial charge in [-0.2, -0.15) is 0 Å². The van der Waals surface area contributed by atoms with Crippen LogP contribution in [0.3, 0.4) is 0 Å². The first kappa shape index (κ1) is 16.0. The van der Waals surface area contributed by atoms with Crippen LogP contribution in [-0.4, -0.2) is 11.6 Å². The van der Waals surface area contributed by atoms with E-state index in [4.69, 9.17) is 17.0 Å². The fourth-order valence-corrected chi connectivity index (χ4v) is 2.26. The molecule has 0 saturated heterocycles. The number of nitrogens with one attached hydrogen (secondary N) is 2. The molecule has 0 aromatic heterocycles. The molecule has 22 heavy (non-hydrogen) atoms. The maximum Gasteiger partial charge on any atom is 0.119 e. The van der Waals surface area contributed by atoms with Crippen LogP contribution in [0.4, 0.5) is 11.4 Å². The van der Waals surface area contributed by atoms with Crippen molar-refractivity contribution < 1.29 is 4.74 Å². The molecular weight excluding hydrogens is 292 g/mol. The van der Waals surface area contributed by atoms with Crippen molar-refractivity contribution in [2.45, 2.75) is 13.3 Å². The molecule has 0 atom stereocenters. The Balaban J connectivity index is 1.83. The Morgan fingerprint density at radius 1 is 1.00 bits per heavy atom. The normalized spacial score (nSPS) is 9.86. The van der Waals surface area contributed by atoms with Gasteiger partial charge in [0.25, 0.3) is 0 Å². The van der Waals surface area contributed by atoms with E-state index in [9.17, 15) is 0 Å². The van der Waals surface area contributed by atoms with E-state index in [-0.39, 0.29) is 0 Å². The number of para-hydroxylation sites is 1. The minimum Gasteiger partial charge on any atom is -0.494 e. The molecule has 0 amide bonds. The van der Waals surface area contributed by atoms with Gasteiger partial charge in [0, 0.05) is 23.5 Å². The molecule has 0 aliphatic heterocycles. The summed E-state index contributed by atoms with van der Waals surface area (Å²) in [6.45, 7) is 6.65. The Bertz CT molecular complexity index is 623. The summed E-state index contributed by atoms with van der Waals surface area (Å²) in [6, 6.07) is 17.7. The molecule has 0 fully saturated rings. The Morgan fingerprint density at radius 3 is 2.27 bits per heavy atom. The van der Waals surface area contributed by atoms with Crippen molar-refractivity contribution in [1.29, 1.82) is 0 Å². The SMILES string of the molecule is C=C(CC(=S)Nc1ccccc1)Nc1ccc(OCC)cc1. The molecule has 3 nitrogen and oxygen atoms in total. The highest BCUT2D eigenvalue weighted by Gasteiger charge is 2.02. The van der Waals surface area contributed by atoms with E-state index in [1.165, 1.54) is 0 Å². The van der Waals surface area contributed by atoms with Crippen LogP contribution in [0.15, 0.2) is 66.9 Å². The Hall–Kier alpha value is -2.33. The summed E-state index contributed by atoms with van der Waals surface area (Å²) >= 11 is 5.35. The van der Waals surface area contributed by atoms with E-state index in [0.29, 0.717) is 13.0 Å². The van der Waals surface area contributed by atoms with E-state index in [0.717, 1.165) is 27.8 Å². The fraction of sp³-hybridized carbons (Fsp3) is 0.167. The zero-order chi connectivity index (χ0) is 15.8. The molecule has 0 radical (unpaired) electrons. The van der Waals surface area contributed by atoms with Crippen molar-refractivity contribution >= 4 is 28.6 Å². The van der Waals surface area contributed by atoms with Crippen LogP contribution in [0.5, 0.6) is 5.75 Å². The first-order valence-electron chi connectivity index (χ1n) is 7.20. The van der Waals surface area contributed by atoms with Crippen molar-refractivity contribution in [2.24, 2.45) is 0 Å². The van der Waals surface area contributed by atoms with Crippen LogP contribution in [0.2, 0.25) is 0 Å². The summed E-state index contributed by atoms with van der Waals surface area (Å²) in [6.07, 6.45) is 0.581. The van der Waals surface area contributed by atoms with Gasteiger partial charge in [-0.3, -0.25) is 0 Å². The molecule has 0 saturated carbocycles. The Labute approximate surface area is 137 Å². The molecule has 0 aliphatic carbocycles. The molecule has 114 valence electrons. The smallest absolute Gasteiger partial charge is 0.119 e. The lowest BCUT2D eigenvalue weighted by Crippen LogP contribution is -2.12. The molecule has 0 heterocycles. The summed E-state index contributed by atoms with van der Waals surface area (Å²) in [5.41, 5.74) is 2.80. The van der Waals surface area contributed by atoms with E-state index in [2.05, 4.69) is 17.2 Å². The van der Waals surface area contributed by atoms with E-state index < -0.39 is 0 Å². The molecule has 0 spiro atoms. The monoisotopic (exact) mass is 312 g/mol. The van der Waals surface area contributed by atoms with Crippen LogP contribution in [0, 0.1) is 0 Å². The zero-order valence-electron chi connectivity index (χ0n) is 12.6. The van der Waals surface area contributed by atoms with Crippen LogP contribution < -0.4 is 15.4 Å². The van der Waals surface area contributed by atoms with Gasteiger partial charge in [-0.05, 0) is 43.3 Å². The molecule has 0 aliphatic rings. The third-order valence-electron chi connectivity index (χ3n) is 2.92. The van der Waals surface area contributed by atoms with Crippen LogP contribution >= 0.6 is 12.2 Å². The summed E-state index contributed by atoms with van der Waals surface area (Å²) in [5, 5.41) is 6.45. The van der Waals surface area contributed by atoms with Gasteiger partial charge in [-0.1, -0.05) is 37.0 Å². The predicted molar refractivity (Wildman–Crippen MR) is 97.7 cm³/mol. The number of rotatable bonds is 7. The summed E-state index contributed by atoms with van der Waals surface area (Å²) in [5.74, 6) is 0.861. The van der Waals surface area contributed by atoms with Gasteiger partial charge in [-0.15, -0.1) is 0 Å². The highest BCUT2D eigenvalue weighted by atomic mass is 32.1. The average Bonchev–Trinajstić information content (AvgIpc) is 2.50. The summed E-state index contributed by atoms with van der Waals surface area (Å²) in [7, 11) is 0. The van der Waals surface area contributed by atoms with Crippen molar-refractivity contribution in [2.75, 3.05) is 17.2 Å². The van der Waals surface area contributed by atoms with Crippen molar-refractivity contribution in [3.05, 3.63) is 66.9 Å². The lowest BCUT2D eigenvalue weighted by atomic mass is 10.2. The van der Waals surface area contributed by atoms with Gasteiger partial charge < -0.3 is 15.4 Å². The maximum absolute atomic E-state index is 5.42. The van der Waals surface area contributed by atoms with Crippen molar-refractivity contribution in [1.82, 2.24) is 0 Å². The number of ether oxygens (including phenoxy) is 1. The van der Waals surface area contributed by atoms with Crippen molar-refractivity contribution in [3.63, 3.8) is 0 Å². The molecule has 2 rings (SSSR count). The third-order valence-corrected chi connectivity index (χ3v) is 3.16. The van der Waals surface area contributed by atoms with Crippen LogP contribution in [-0.2, 0) is 0 Å². The Morgan fingerprint density at radius 2 is 1.64 bits per heavy atom. The first-order valence-corrected chi connectivity index (χ1v) is 7.60. The van der Waals surface area contributed by atoms with Gasteiger partial charge in [0.2, 0.25) is 0 Å².